The maximum absolute atomic E-state index is 12.2. The molecule has 0 aromatic rings. The number of ether oxygens (including phenoxy) is 2. The summed E-state index contributed by atoms with van der Waals surface area (Å²) in [6.07, 6.45) is 2.35. The monoisotopic (exact) mass is 335 g/mol. The lowest BCUT2D eigenvalue weighted by Crippen LogP contribution is -2.56. The van der Waals surface area contributed by atoms with Gasteiger partial charge in [0.1, 0.15) is 0 Å². The fourth-order valence-corrected chi connectivity index (χ4v) is 2.67. The molecule has 0 bridgehead atoms. The molecule has 22 heavy (non-hydrogen) atoms. The molecule has 128 valence electrons. The molecule has 8 heteroatoms. The van der Waals surface area contributed by atoms with Crippen LogP contribution in [0, 0.1) is 0 Å². The van der Waals surface area contributed by atoms with Crippen LogP contribution in [-0.4, -0.2) is 75.4 Å². The Labute approximate surface area is 137 Å². The van der Waals surface area contributed by atoms with Gasteiger partial charge in [0, 0.05) is 39.9 Å². The molecule has 2 N–H and O–H groups in total. The normalized spacial score (nSPS) is 25.0. The standard InChI is InChI=1S/C14H25N3O4.ClH/c1-20-8-6-17-5-4-15-12(14(17)19)9-13(18)16-10-11-3-2-7-21-11;/h11-12,15H,2-10H2,1H3,(H,16,18);1H. The number of hydrogen-bond acceptors (Lipinski definition) is 5. The van der Waals surface area contributed by atoms with E-state index >= 15 is 0 Å². The topological polar surface area (TPSA) is 79.9 Å². The van der Waals surface area contributed by atoms with E-state index in [1.54, 1.807) is 12.0 Å². The Kier molecular flexibility index (Phi) is 8.70. The third-order valence-electron chi connectivity index (χ3n) is 3.89. The fourth-order valence-electron chi connectivity index (χ4n) is 2.67. The molecule has 2 saturated heterocycles. The average Bonchev–Trinajstić information content (AvgIpc) is 2.99. The van der Waals surface area contributed by atoms with Gasteiger partial charge in [-0.1, -0.05) is 0 Å². The summed E-state index contributed by atoms with van der Waals surface area (Å²) >= 11 is 0. The minimum absolute atomic E-state index is 0. The number of hydrogen-bond donors (Lipinski definition) is 2. The molecule has 2 unspecified atom stereocenters. The van der Waals surface area contributed by atoms with Gasteiger partial charge in [0.2, 0.25) is 11.8 Å². The molecule has 2 amide bonds. The molecule has 0 aromatic carbocycles. The number of nitrogens with one attached hydrogen (secondary N) is 2. The van der Waals surface area contributed by atoms with Gasteiger partial charge in [-0.3, -0.25) is 9.59 Å². The summed E-state index contributed by atoms with van der Waals surface area (Å²) in [7, 11) is 1.61. The first kappa shape index (κ1) is 19.2. The Bertz CT molecular complexity index is 364. The minimum atomic E-state index is -0.430. The summed E-state index contributed by atoms with van der Waals surface area (Å²) in [5.41, 5.74) is 0. The van der Waals surface area contributed by atoms with E-state index in [0.717, 1.165) is 19.4 Å². The number of carbonyl (C=O) groups excluding carboxylic acids is 2. The summed E-state index contributed by atoms with van der Waals surface area (Å²) in [6.45, 7) is 3.77. The van der Waals surface area contributed by atoms with Crippen molar-refractivity contribution in [1.29, 1.82) is 0 Å². The van der Waals surface area contributed by atoms with Crippen LogP contribution >= 0.6 is 12.4 Å². The highest BCUT2D eigenvalue weighted by Gasteiger charge is 2.30. The lowest BCUT2D eigenvalue weighted by atomic mass is 10.1. The number of piperazine rings is 1. The molecule has 0 aliphatic carbocycles. The maximum atomic E-state index is 12.2. The van der Waals surface area contributed by atoms with E-state index in [0.29, 0.717) is 32.8 Å². The van der Waals surface area contributed by atoms with E-state index in [1.165, 1.54) is 0 Å². The van der Waals surface area contributed by atoms with Crippen molar-refractivity contribution in [3.63, 3.8) is 0 Å². The van der Waals surface area contributed by atoms with Gasteiger partial charge in [-0.25, -0.2) is 0 Å². The molecule has 0 saturated carbocycles. The van der Waals surface area contributed by atoms with E-state index in [2.05, 4.69) is 10.6 Å². The smallest absolute Gasteiger partial charge is 0.240 e. The van der Waals surface area contributed by atoms with Gasteiger partial charge >= 0.3 is 0 Å². The summed E-state index contributed by atoms with van der Waals surface area (Å²) in [5.74, 6) is -0.129. The molecular weight excluding hydrogens is 310 g/mol. The first-order valence-electron chi connectivity index (χ1n) is 7.60. The van der Waals surface area contributed by atoms with Crippen molar-refractivity contribution < 1.29 is 19.1 Å². The van der Waals surface area contributed by atoms with Crippen LogP contribution in [0.1, 0.15) is 19.3 Å². The molecule has 0 aromatic heterocycles. The second kappa shape index (κ2) is 9.99. The molecule has 7 nitrogen and oxygen atoms in total. The predicted molar refractivity (Wildman–Crippen MR) is 84.1 cm³/mol. The molecular formula is C14H26ClN3O4. The zero-order valence-electron chi connectivity index (χ0n) is 13.0. The molecule has 0 spiro atoms. The zero-order valence-corrected chi connectivity index (χ0v) is 13.8. The molecule has 2 fully saturated rings. The van der Waals surface area contributed by atoms with Gasteiger partial charge in [-0.05, 0) is 12.8 Å². The number of nitrogens with zero attached hydrogens (tertiary/aromatic N) is 1. The van der Waals surface area contributed by atoms with Gasteiger partial charge in [-0.2, -0.15) is 0 Å². The minimum Gasteiger partial charge on any atom is -0.383 e. The second-order valence-electron chi connectivity index (χ2n) is 5.47. The van der Waals surface area contributed by atoms with Crippen LogP contribution in [0.3, 0.4) is 0 Å². The molecule has 2 aliphatic heterocycles. The summed E-state index contributed by atoms with van der Waals surface area (Å²) in [5, 5.41) is 5.96. The van der Waals surface area contributed by atoms with Gasteiger partial charge in [-0.15, -0.1) is 12.4 Å². The van der Waals surface area contributed by atoms with Crippen LogP contribution in [0.2, 0.25) is 0 Å². The van der Waals surface area contributed by atoms with Crippen molar-refractivity contribution in [2.75, 3.05) is 46.5 Å². The fraction of sp³-hybridized carbons (Fsp3) is 0.857. The van der Waals surface area contributed by atoms with Crippen LogP contribution in [0.5, 0.6) is 0 Å². The Morgan fingerprint density at radius 1 is 1.55 bits per heavy atom. The van der Waals surface area contributed by atoms with E-state index in [4.69, 9.17) is 9.47 Å². The van der Waals surface area contributed by atoms with Gasteiger partial charge < -0.3 is 25.0 Å². The maximum Gasteiger partial charge on any atom is 0.240 e. The highest BCUT2D eigenvalue weighted by atomic mass is 35.5. The summed E-state index contributed by atoms with van der Waals surface area (Å²) in [4.78, 5) is 25.9. The van der Waals surface area contributed by atoms with E-state index in [9.17, 15) is 9.59 Å². The Morgan fingerprint density at radius 2 is 2.36 bits per heavy atom. The van der Waals surface area contributed by atoms with Crippen LogP contribution in [0.25, 0.3) is 0 Å². The van der Waals surface area contributed by atoms with E-state index in [-0.39, 0.29) is 36.7 Å². The van der Waals surface area contributed by atoms with Gasteiger partial charge in [0.25, 0.3) is 0 Å². The van der Waals surface area contributed by atoms with Crippen LogP contribution in [0.15, 0.2) is 0 Å². The van der Waals surface area contributed by atoms with Crippen LogP contribution < -0.4 is 10.6 Å². The van der Waals surface area contributed by atoms with Crippen molar-refractivity contribution >= 4 is 24.2 Å². The van der Waals surface area contributed by atoms with Crippen LogP contribution in [-0.2, 0) is 19.1 Å². The van der Waals surface area contributed by atoms with Crippen LogP contribution in [0.4, 0.5) is 0 Å². The van der Waals surface area contributed by atoms with Crippen molar-refractivity contribution in [1.82, 2.24) is 15.5 Å². The number of carbonyl (C=O) groups is 2. The SMILES string of the molecule is COCCN1CCNC(CC(=O)NCC2CCCO2)C1=O.Cl. The highest BCUT2D eigenvalue weighted by Crippen LogP contribution is 2.11. The number of methoxy groups -OCH3 is 1. The Hall–Kier alpha value is -0.890. The quantitative estimate of drug-likeness (QED) is 0.658. The second-order valence-corrected chi connectivity index (χ2v) is 5.47. The van der Waals surface area contributed by atoms with Crippen molar-refractivity contribution in [3.05, 3.63) is 0 Å². The molecule has 2 rings (SSSR count). The van der Waals surface area contributed by atoms with Crippen molar-refractivity contribution in [2.24, 2.45) is 0 Å². The van der Waals surface area contributed by atoms with Crippen molar-refractivity contribution in [2.45, 2.75) is 31.4 Å². The lowest BCUT2D eigenvalue weighted by Gasteiger charge is -2.32. The summed E-state index contributed by atoms with van der Waals surface area (Å²) in [6, 6.07) is -0.430. The van der Waals surface area contributed by atoms with E-state index in [1.807, 2.05) is 0 Å². The van der Waals surface area contributed by atoms with Gasteiger partial charge in [0.05, 0.1) is 25.2 Å². The lowest BCUT2D eigenvalue weighted by molar-refractivity contribution is -0.138. The average molecular weight is 336 g/mol. The first-order valence-corrected chi connectivity index (χ1v) is 7.60. The van der Waals surface area contributed by atoms with E-state index < -0.39 is 6.04 Å². The Morgan fingerprint density at radius 3 is 3.05 bits per heavy atom. The number of halogens is 1. The highest BCUT2D eigenvalue weighted by molar-refractivity contribution is 5.88. The molecule has 2 aliphatic rings. The van der Waals surface area contributed by atoms with Gasteiger partial charge in [0.15, 0.2) is 0 Å². The number of rotatable bonds is 7. The third-order valence-corrected chi connectivity index (χ3v) is 3.89. The summed E-state index contributed by atoms with van der Waals surface area (Å²) < 4.78 is 10.5. The molecule has 2 heterocycles. The molecule has 2 atom stereocenters. The number of amides is 2. The largest absolute Gasteiger partial charge is 0.383 e. The predicted octanol–water partition coefficient (Wildman–Crippen LogP) is -0.460. The zero-order chi connectivity index (χ0) is 15.1. The third kappa shape index (κ3) is 5.72. The molecule has 0 radical (unpaired) electrons. The van der Waals surface area contributed by atoms with Crippen molar-refractivity contribution in [3.8, 4) is 0 Å². The first-order chi connectivity index (χ1) is 10.2. The Balaban J connectivity index is 0.00000242.